The molecule has 1 aliphatic rings. The van der Waals surface area contributed by atoms with Crippen molar-refractivity contribution in [3.05, 3.63) is 47.7 Å². The number of piperazine rings is 1. The highest BCUT2D eigenvalue weighted by atomic mass is 35.5. The van der Waals surface area contributed by atoms with Crippen molar-refractivity contribution in [2.75, 3.05) is 13.1 Å². The second-order valence-corrected chi connectivity index (χ2v) is 9.79. The smallest absolute Gasteiger partial charge is 0.255 e. The quantitative estimate of drug-likeness (QED) is 0.558. The number of benzene rings is 2. The molecular formula is C22H24ClF2N3O2S. The van der Waals surface area contributed by atoms with E-state index in [2.05, 4.69) is 9.69 Å². The van der Waals surface area contributed by atoms with Crippen LogP contribution in [0.3, 0.4) is 0 Å². The monoisotopic (exact) mass is 467 g/mol. The number of halogens is 3. The zero-order valence-corrected chi connectivity index (χ0v) is 19.3. The summed E-state index contributed by atoms with van der Waals surface area (Å²) in [6.07, 6.45) is 1.61. The van der Waals surface area contributed by atoms with E-state index in [9.17, 15) is 18.7 Å². The van der Waals surface area contributed by atoms with Gasteiger partial charge >= 0.3 is 0 Å². The summed E-state index contributed by atoms with van der Waals surface area (Å²) in [6.45, 7) is 9.21. The lowest BCUT2D eigenvalue weighted by Crippen LogP contribution is -2.67. The fraction of sp³-hybridized carbons (Fsp3) is 0.364. The second kappa shape index (κ2) is 8.00. The van der Waals surface area contributed by atoms with Crippen LogP contribution in [0.2, 0.25) is 0 Å². The van der Waals surface area contributed by atoms with Crippen LogP contribution < -0.4 is 5.32 Å². The van der Waals surface area contributed by atoms with Crippen molar-refractivity contribution in [3.63, 3.8) is 0 Å². The Morgan fingerprint density at radius 3 is 2.58 bits per heavy atom. The molecule has 166 valence electrons. The molecule has 2 heterocycles. The van der Waals surface area contributed by atoms with Crippen LogP contribution in [0.25, 0.3) is 21.2 Å². The number of aromatic hydroxyl groups is 1. The number of fused-ring (bicyclic) bond motifs is 1. The molecule has 0 aliphatic carbocycles. The van der Waals surface area contributed by atoms with Crippen LogP contribution in [0, 0.1) is 11.6 Å². The molecule has 0 unspecified atom stereocenters. The van der Waals surface area contributed by atoms with Crippen LogP contribution in [0.1, 0.15) is 38.1 Å². The van der Waals surface area contributed by atoms with E-state index in [0.29, 0.717) is 34.3 Å². The minimum Gasteiger partial charge on any atom is -0.505 e. The number of nitrogens with zero attached hydrogens (tertiary/aromatic N) is 2. The first kappa shape index (κ1) is 23.4. The number of carbonyl (C=O) groups excluding carboxylic acids is 1. The number of hydrogen-bond acceptors (Lipinski definition) is 5. The number of aromatic nitrogens is 1. The number of rotatable bonds is 2. The number of nitrogens with one attached hydrogen (secondary N) is 1. The van der Waals surface area contributed by atoms with Gasteiger partial charge in [-0.05, 0) is 63.0 Å². The molecule has 4 rings (SSSR count). The van der Waals surface area contributed by atoms with E-state index in [1.807, 2.05) is 32.6 Å². The molecule has 0 atom stereocenters. The Kier molecular flexibility index (Phi) is 6.03. The number of amides is 1. The minimum absolute atomic E-state index is 0. The predicted molar refractivity (Wildman–Crippen MR) is 121 cm³/mol. The van der Waals surface area contributed by atoms with Crippen LogP contribution in [0.5, 0.6) is 5.75 Å². The summed E-state index contributed by atoms with van der Waals surface area (Å²) in [4.78, 5) is 15.5. The van der Waals surface area contributed by atoms with Crippen molar-refractivity contribution in [2.45, 2.75) is 38.8 Å². The summed E-state index contributed by atoms with van der Waals surface area (Å²) < 4.78 is 33.3. The molecule has 1 aromatic heterocycles. The maximum atomic E-state index is 14.5. The third-order valence-corrected chi connectivity index (χ3v) is 6.41. The van der Waals surface area contributed by atoms with Crippen molar-refractivity contribution in [3.8, 4) is 16.9 Å². The topological polar surface area (TPSA) is 65.5 Å². The standard InChI is InChI=1S/C22H23F2N3O2S.ClH/c1-21(2)11-27(22(3,4)10-25-21)20(29)15-6-12(5-13-9-26-30-19(13)15)14-7-17(24)18(28)8-16(14)23;/h5-9,25,28H,10-11H2,1-4H3;1H. The van der Waals surface area contributed by atoms with Gasteiger partial charge in [-0.3, -0.25) is 4.79 Å². The highest BCUT2D eigenvalue weighted by molar-refractivity contribution is 7.13. The van der Waals surface area contributed by atoms with Crippen LogP contribution in [0.4, 0.5) is 8.78 Å². The first-order chi connectivity index (χ1) is 14.0. The van der Waals surface area contributed by atoms with Gasteiger partial charge in [-0.2, -0.15) is 4.37 Å². The van der Waals surface area contributed by atoms with E-state index < -0.39 is 22.9 Å². The van der Waals surface area contributed by atoms with Gasteiger partial charge in [-0.25, -0.2) is 8.78 Å². The van der Waals surface area contributed by atoms with Crippen LogP contribution >= 0.6 is 23.9 Å². The average molecular weight is 468 g/mol. The summed E-state index contributed by atoms with van der Waals surface area (Å²) >= 11 is 1.20. The summed E-state index contributed by atoms with van der Waals surface area (Å²) in [6, 6.07) is 4.95. The minimum atomic E-state index is -0.923. The van der Waals surface area contributed by atoms with Crippen molar-refractivity contribution in [2.24, 2.45) is 0 Å². The number of phenolic OH excluding ortho intramolecular Hbond substituents is 1. The first-order valence-electron chi connectivity index (χ1n) is 9.62. The summed E-state index contributed by atoms with van der Waals surface area (Å²) in [7, 11) is 0. The van der Waals surface area contributed by atoms with E-state index >= 15 is 0 Å². The molecule has 5 nitrogen and oxygen atoms in total. The lowest BCUT2D eigenvalue weighted by Gasteiger charge is -2.49. The molecular weight excluding hydrogens is 444 g/mol. The van der Waals surface area contributed by atoms with E-state index in [1.165, 1.54) is 11.5 Å². The lowest BCUT2D eigenvalue weighted by atomic mass is 9.90. The maximum absolute atomic E-state index is 14.5. The largest absolute Gasteiger partial charge is 0.505 e. The second-order valence-electron chi connectivity index (χ2n) is 8.99. The van der Waals surface area contributed by atoms with Gasteiger partial charge < -0.3 is 15.3 Å². The highest BCUT2D eigenvalue weighted by Gasteiger charge is 2.41. The predicted octanol–water partition coefficient (Wildman–Crippen LogP) is 4.97. The molecule has 9 heteroatoms. The maximum Gasteiger partial charge on any atom is 0.255 e. The van der Waals surface area contributed by atoms with E-state index in [1.54, 1.807) is 18.3 Å². The van der Waals surface area contributed by atoms with Gasteiger partial charge in [0.2, 0.25) is 0 Å². The van der Waals surface area contributed by atoms with Crippen LogP contribution in [-0.2, 0) is 0 Å². The van der Waals surface area contributed by atoms with Gasteiger partial charge in [-0.1, -0.05) is 0 Å². The molecule has 0 radical (unpaired) electrons. The van der Waals surface area contributed by atoms with Crippen molar-refractivity contribution < 1.29 is 18.7 Å². The van der Waals surface area contributed by atoms with Gasteiger partial charge in [0, 0.05) is 41.8 Å². The zero-order valence-electron chi connectivity index (χ0n) is 17.6. The molecule has 1 saturated heterocycles. The first-order valence-corrected chi connectivity index (χ1v) is 10.4. The Hall–Kier alpha value is -2.29. The molecule has 3 aromatic rings. The summed E-state index contributed by atoms with van der Waals surface area (Å²) in [5.74, 6) is -2.62. The summed E-state index contributed by atoms with van der Waals surface area (Å²) in [5, 5.41) is 13.6. The Morgan fingerprint density at radius 2 is 1.87 bits per heavy atom. The van der Waals surface area contributed by atoms with Gasteiger partial charge in [-0.15, -0.1) is 12.4 Å². The average Bonchev–Trinajstić information content (AvgIpc) is 3.14. The Bertz CT molecular complexity index is 1160. The molecule has 0 saturated carbocycles. The van der Waals surface area contributed by atoms with Gasteiger partial charge in [0.1, 0.15) is 5.82 Å². The zero-order chi connectivity index (χ0) is 21.8. The molecule has 2 aromatic carbocycles. The summed E-state index contributed by atoms with van der Waals surface area (Å²) in [5.41, 5.74) is 0.0720. The third-order valence-electron chi connectivity index (χ3n) is 5.56. The molecule has 1 amide bonds. The van der Waals surface area contributed by atoms with Crippen molar-refractivity contribution >= 4 is 39.9 Å². The molecule has 1 aliphatic heterocycles. The van der Waals surface area contributed by atoms with Crippen LogP contribution in [-0.4, -0.2) is 44.5 Å². The highest BCUT2D eigenvalue weighted by Crippen LogP contribution is 2.35. The SMILES string of the molecule is CC1(C)CN(C(=O)c2cc(-c3cc(F)c(O)cc3F)cc3cnsc23)C(C)(C)CN1.Cl. The third kappa shape index (κ3) is 4.24. The molecule has 0 bridgehead atoms. The lowest BCUT2D eigenvalue weighted by molar-refractivity contribution is 0.0283. The van der Waals surface area contributed by atoms with E-state index in [4.69, 9.17) is 0 Å². The van der Waals surface area contributed by atoms with Crippen LogP contribution in [0.15, 0.2) is 30.5 Å². The normalized spacial score (nSPS) is 17.4. The van der Waals surface area contributed by atoms with E-state index in [0.717, 1.165) is 12.1 Å². The van der Waals surface area contributed by atoms with Gasteiger partial charge in [0.25, 0.3) is 5.91 Å². The Balaban J connectivity index is 0.00000272. The Labute approximate surface area is 189 Å². The number of carbonyl (C=O) groups is 1. The fourth-order valence-electron chi connectivity index (χ4n) is 3.77. The molecule has 1 fully saturated rings. The molecule has 0 spiro atoms. The Morgan fingerprint density at radius 1 is 1.16 bits per heavy atom. The van der Waals surface area contributed by atoms with Gasteiger partial charge in [0.05, 0.1) is 15.8 Å². The number of phenols is 1. The van der Waals surface area contributed by atoms with Crippen molar-refractivity contribution in [1.29, 1.82) is 0 Å². The molecule has 2 N–H and O–H groups in total. The van der Waals surface area contributed by atoms with Gasteiger partial charge in [0.15, 0.2) is 11.6 Å². The fourth-order valence-corrected chi connectivity index (χ4v) is 4.50. The van der Waals surface area contributed by atoms with E-state index in [-0.39, 0.29) is 29.4 Å². The molecule has 31 heavy (non-hydrogen) atoms. The van der Waals surface area contributed by atoms with Crippen molar-refractivity contribution in [1.82, 2.24) is 14.6 Å². The number of hydrogen-bond donors (Lipinski definition) is 2.